The summed E-state index contributed by atoms with van der Waals surface area (Å²) < 4.78 is 5.60. The summed E-state index contributed by atoms with van der Waals surface area (Å²) in [6, 6.07) is 1.51. The van der Waals surface area contributed by atoms with Crippen LogP contribution in [0.25, 0.3) is 0 Å². The Balaban J connectivity index is 1.44. The van der Waals surface area contributed by atoms with Crippen LogP contribution in [0.2, 0.25) is 0 Å². The largest absolute Gasteiger partial charge is 0.381 e. The highest BCUT2D eigenvalue weighted by atomic mass is 16.5. The van der Waals surface area contributed by atoms with Gasteiger partial charge in [0.1, 0.15) is 0 Å². The standard InChI is InChI=1S/C17H29NO/c1-17(2)14(9-15(17)19-3)18-16-12-5-10-4-11(7-12)8-13(16)6-10/h10-16,18H,4-9H2,1-3H3. The van der Waals surface area contributed by atoms with Crippen molar-refractivity contribution < 1.29 is 4.74 Å². The minimum absolute atomic E-state index is 0.323. The molecule has 108 valence electrons. The molecule has 0 radical (unpaired) electrons. The second-order valence-corrected chi connectivity index (χ2v) is 8.46. The molecule has 5 aliphatic rings. The zero-order chi connectivity index (χ0) is 13.2. The van der Waals surface area contributed by atoms with Crippen molar-refractivity contribution in [2.75, 3.05) is 7.11 Å². The Hall–Kier alpha value is -0.0800. The summed E-state index contributed by atoms with van der Waals surface area (Å²) in [5.41, 5.74) is 0.323. The molecule has 1 N–H and O–H groups in total. The van der Waals surface area contributed by atoms with Crippen LogP contribution in [0.4, 0.5) is 0 Å². The van der Waals surface area contributed by atoms with Crippen molar-refractivity contribution in [3.8, 4) is 0 Å². The monoisotopic (exact) mass is 263 g/mol. The number of methoxy groups -OCH3 is 1. The predicted molar refractivity (Wildman–Crippen MR) is 77.0 cm³/mol. The number of hydrogen-bond donors (Lipinski definition) is 1. The van der Waals surface area contributed by atoms with E-state index in [1.54, 1.807) is 6.42 Å². The van der Waals surface area contributed by atoms with Crippen LogP contribution in [0.3, 0.4) is 0 Å². The van der Waals surface area contributed by atoms with Crippen LogP contribution in [0.15, 0.2) is 0 Å². The lowest BCUT2D eigenvalue weighted by atomic mass is 9.53. The number of rotatable bonds is 3. The first-order valence-corrected chi connectivity index (χ1v) is 8.36. The Morgan fingerprint density at radius 1 is 0.895 bits per heavy atom. The van der Waals surface area contributed by atoms with Crippen molar-refractivity contribution in [2.24, 2.45) is 29.1 Å². The third-order valence-electron chi connectivity index (χ3n) is 7.08. The first kappa shape index (κ1) is 12.6. The van der Waals surface area contributed by atoms with E-state index in [1.165, 1.54) is 32.1 Å². The molecule has 2 unspecified atom stereocenters. The second kappa shape index (κ2) is 4.21. The first-order valence-electron chi connectivity index (χ1n) is 8.36. The van der Waals surface area contributed by atoms with Crippen molar-refractivity contribution in [1.82, 2.24) is 5.32 Å². The summed E-state index contributed by atoms with van der Waals surface area (Å²) in [5.74, 6) is 4.16. The Labute approximate surface area is 117 Å². The van der Waals surface area contributed by atoms with E-state index in [1.807, 2.05) is 7.11 Å². The molecular weight excluding hydrogens is 234 g/mol. The van der Waals surface area contributed by atoms with Crippen LogP contribution in [-0.2, 0) is 4.74 Å². The Morgan fingerprint density at radius 3 is 1.95 bits per heavy atom. The molecule has 2 nitrogen and oxygen atoms in total. The molecule has 4 bridgehead atoms. The lowest BCUT2D eigenvalue weighted by Crippen LogP contribution is -2.66. The fourth-order valence-electron chi connectivity index (χ4n) is 6.00. The van der Waals surface area contributed by atoms with E-state index in [2.05, 4.69) is 19.2 Å². The van der Waals surface area contributed by atoms with Gasteiger partial charge in [-0.25, -0.2) is 0 Å². The summed E-state index contributed by atoms with van der Waals surface area (Å²) in [4.78, 5) is 0. The summed E-state index contributed by atoms with van der Waals surface area (Å²) in [6.07, 6.45) is 9.31. The van der Waals surface area contributed by atoms with Crippen molar-refractivity contribution in [2.45, 2.75) is 70.6 Å². The molecular formula is C17H29NO. The molecule has 0 aromatic heterocycles. The quantitative estimate of drug-likeness (QED) is 0.844. The van der Waals surface area contributed by atoms with Gasteiger partial charge < -0.3 is 10.1 Å². The van der Waals surface area contributed by atoms with Crippen LogP contribution in [-0.4, -0.2) is 25.3 Å². The predicted octanol–water partition coefficient (Wildman–Crippen LogP) is 3.21. The molecule has 0 saturated heterocycles. The number of nitrogens with one attached hydrogen (secondary N) is 1. The van der Waals surface area contributed by atoms with Crippen molar-refractivity contribution in [3.05, 3.63) is 0 Å². The normalized spacial score (nSPS) is 54.2. The van der Waals surface area contributed by atoms with E-state index >= 15 is 0 Å². The molecule has 5 aliphatic carbocycles. The van der Waals surface area contributed by atoms with Crippen molar-refractivity contribution in [1.29, 1.82) is 0 Å². The minimum Gasteiger partial charge on any atom is -0.381 e. The summed E-state index contributed by atoms with van der Waals surface area (Å²) in [6.45, 7) is 4.75. The molecule has 0 spiro atoms. The van der Waals surface area contributed by atoms with Gasteiger partial charge in [0.15, 0.2) is 0 Å². The highest BCUT2D eigenvalue weighted by Crippen LogP contribution is 2.54. The zero-order valence-corrected chi connectivity index (χ0v) is 12.7. The average molecular weight is 263 g/mol. The highest BCUT2D eigenvalue weighted by molar-refractivity contribution is 5.08. The Bertz CT molecular complexity index is 336. The molecule has 2 heteroatoms. The van der Waals surface area contributed by atoms with E-state index < -0.39 is 0 Å². The third-order valence-corrected chi connectivity index (χ3v) is 7.08. The first-order chi connectivity index (χ1) is 9.07. The molecule has 5 fully saturated rings. The average Bonchev–Trinajstić information content (AvgIpc) is 2.35. The van der Waals surface area contributed by atoms with Gasteiger partial charge in [-0.15, -0.1) is 0 Å². The summed E-state index contributed by atoms with van der Waals surface area (Å²) in [7, 11) is 1.87. The number of ether oxygens (including phenoxy) is 1. The lowest BCUT2D eigenvalue weighted by Gasteiger charge is -2.59. The van der Waals surface area contributed by atoms with Crippen LogP contribution in [0.5, 0.6) is 0 Å². The highest BCUT2D eigenvalue weighted by Gasteiger charge is 2.53. The SMILES string of the molecule is COC1CC(NC2C3CC4CC(C3)CC2C4)C1(C)C. The Kier molecular flexibility index (Phi) is 2.80. The van der Waals surface area contributed by atoms with Crippen LogP contribution < -0.4 is 5.32 Å². The van der Waals surface area contributed by atoms with Crippen LogP contribution in [0.1, 0.15) is 52.4 Å². The van der Waals surface area contributed by atoms with Gasteiger partial charge in [-0.2, -0.15) is 0 Å². The van der Waals surface area contributed by atoms with Crippen LogP contribution >= 0.6 is 0 Å². The van der Waals surface area contributed by atoms with E-state index in [4.69, 9.17) is 4.74 Å². The third kappa shape index (κ3) is 1.82. The topological polar surface area (TPSA) is 21.3 Å². The Morgan fingerprint density at radius 2 is 1.47 bits per heavy atom. The molecule has 0 amide bonds. The van der Waals surface area contributed by atoms with Gasteiger partial charge in [0, 0.05) is 24.6 Å². The van der Waals surface area contributed by atoms with Gasteiger partial charge in [-0.05, 0) is 62.2 Å². The molecule has 0 aliphatic heterocycles. The van der Waals surface area contributed by atoms with Gasteiger partial charge in [0.25, 0.3) is 0 Å². The van der Waals surface area contributed by atoms with E-state index in [0.717, 1.165) is 29.7 Å². The van der Waals surface area contributed by atoms with E-state index in [9.17, 15) is 0 Å². The second-order valence-electron chi connectivity index (χ2n) is 8.46. The molecule has 2 atom stereocenters. The van der Waals surface area contributed by atoms with Crippen molar-refractivity contribution in [3.63, 3.8) is 0 Å². The summed E-state index contributed by atoms with van der Waals surface area (Å²) in [5, 5.41) is 4.07. The summed E-state index contributed by atoms with van der Waals surface area (Å²) >= 11 is 0. The maximum absolute atomic E-state index is 5.60. The van der Waals surface area contributed by atoms with Gasteiger partial charge in [0.2, 0.25) is 0 Å². The minimum atomic E-state index is 0.323. The van der Waals surface area contributed by atoms with E-state index in [0.29, 0.717) is 17.6 Å². The number of hydrogen-bond acceptors (Lipinski definition) is 2. The van der Waals surface area contributed by atoms with Crippen LogP contribution in [0, 0.1) is 29.1 Å². The van der Waals surface area contributed by atoms with Gasteiger partial charge in [0.05, 0.1) is 6.10 Å². The van der Waals surface area contributed by atoms with Gasteiger partial charge in [-0.3, -0.25) is 0 Å². The van der Waals surface area contributed by atoms with Crippen molar-refractivity contribution >= 4 is 0 Å². The van der Waals surface area contributed by atoms with Gasteiger partial charge in [-0.1, -0.05) is 13.8 Å². The molecule has 0 aromatic carbocycles. The molecule has 5 saturated carbocycles. The molecule has 5 rings (SSSR count). The maximum Gasteiger partial charge on any atom is 0.0652 e. The molecule has 0 aromatic rings. The molecule has 0 heterocycles. The van der Waals surface area contributed by atoms with Gasteiger partial charge >= 0.3 is 0 Å². The lowest BCUT2D eigenvalue weighted by molar-refractivity contribution is -0.114. The fourth-order valence-corrected chi connectivity index (χ4v) is 6.00. The molecule has 19 heavy (non-hydrogen) atoms. The smallest absolute Gasteiger partial charge is 0.0652 e. The zero-order valence-electron chi connectivity index (χ0n) is 12.7. The van der Waals surface area contributed by atoms with E-state index in [-0.39, 0.29) is 0 Å². The maximum atomic E-state index is 5.60. The fraction of sp³-hybridized carbons (Fsp3) is 1.00.